The molecule has 0 radical (unpaired) electrons. The summed E-state index contributed by atoms with van der Waals surface area (Å²) in [6.07, 6.45) is 0.00640. The van der Waals surface area contributed by atoms with Crippen LogP contribution in [-0.4, -0.2) is 34.7 Å². The fraction of sp³-hybridized carbons (Fsp3) is 0.333. The molecule has 0 fully saturated rings. The largest absolute Gasteiger partial charge is 0.480 e. The first kappa shape index (κ1) is 11.7. The molecule has 1 rings (SSSR count). The summed E-state index contributed by atoms with van der Waals surface area (Å²) < 4.78 is 0. The van der Waals surface area contributed by atoms with Crippen molar-refractivity contribution >= 4 is 23.2 Å². The third-order valence-electron chi connectivity index (χ3n) is 1.77. The minimum absolute atomic E-state index is 0.00640. The molecular formula is C9H11NO4S. The average Bonchev–Trinajstić information content (AvgIpc) is 2.69. The van der Waals surface area contributed by atoms with Crippen molar-refractivity contribution in [1.82, 2.24) is 5.32 Å². The minimum Gasteiger partial charge on any atom is -0.480 e. The molecule has 0 aliphatic carbocycles. The van der Waals surface area contributed by atoms with Gasteiger partial charge in [-0.3, -0.25) is 4.79 Å². The van der Waals surface area contributed by atoms with Gasteiger partial charge in [0.2, 0.25) is 0 Å². The molecule has 0 spiro atoms. The standard InChI is InChI=1S/C9H11NO4S/c11-4-3-6(9(13)14)10-8(12)7-2-1-5-15-7/h1-2,5-6,11H,3-4H2,(H,10,12)(H,13,14)/t6-/m0/s1. The highest BCUT2D eigenvalue weighted by Gasteiger charge is 2.20. The number of rotatable bonds is 5. The molecule has 0 unspecified atom stereocenters. The maximum Gasteiger partial charge on any atom is 0.326 e. The first-order chi connectivity index (χ1) is 7.15. The van der Waals surface area contributed by atoms with Crippen LogP contribution in [0.2, 0.25) is 0 Å². The smallest absolute Gasteiger partial charge is 0.326 e. The Hall–Kier alpha value is -1.40. The molecule has 1 amide bonds. The molecule has 1 heterocycles. The van der Waals surface area contributed by atoms with E-state index in [1.165, 1.54) is 11.3 Å². The van der Waals surface area contributed by atoms with Gasteiger partial charge in [0.05, 0.1) is 4.88 Å². The molecule has 3 N–H and O–H groups in total. The number of hydrogen-bond acceptors (Lipinski definition) is 4. The number of carbonyl (C=O) groups is 2. The van der Waals surface area contributed by atoms with Crippen LogP contribution in [0.25, 0.3) is 0 Å². The number of aliphatic carboxylic acids is 1. The SMILES string of the molecule is O=C(N[C@@H](CCO)C(=O)O)c1cccs1. The molecule has 1 aromatic rings. The highest BCUT2D eigenvalue weighted by molar-refractivity contribution is 7.12. The lowest BCUT2D eigenvalue weighted by atomic mass is 10.2. The zero-order chi connectivity index (χ0) is 11.3. The van der Waals surface area contributed by atoms with E-state index in [1.807, 2.05) is 0 Å². The van der Waals surface area contributed by atoms with Crippen LogP contribution >= 0.6 is 11.3 Å². The van der Waals surface area contributed by atoms with Crippen LogP contribution in [0, 0.1) is 0 Å². The number of aliphatic hydroxyl groups excluding tert-OH is 1. The number of carbonyl (C=O) groups excluding carboxylic acids is 1. The van der Waals surface area contributed by atoms with Gasteiger partial charge in [0, 0.05) is 13.0 Å². The Kier molecular flexibility index (Phi) is 4.26. The summed E-state index contributed by atoms with van der Waals surface area (Å²) >= 11 is 1.24. The van der Waals surface area contributed by atoms with Crippen molar-refractivity contribution in [2.45, 2.75) is 12.5 Å². The van der Waals surface area contributed by atoms with E-state index in [1.54, 1.807) is 17.5 Å². The third kappa shape index (κ3) is 3.34. The maximum absolute atomic E-state index is 11.4. The number of nitrogens with one attached hydrogen (secondary N) is 1. The number of hydrogen-bond donors (Lipinski definition) is 3. The van der Waals surface area contributed by atoms with Crippen molar-refractivity contribution in [3.63, 3.8) is 0 Å². The molecule has 0 saturated carbocycles. The lowest BCUT2D eigenvalue weighted by Crippen LogP contribution is -2.41. The summed E-state index contributed by atoms with van der Waals surface area (Å²) in [7, 11) is 0. The van der Waals surface area contributed by atoms with Crippen LogP contribution in [0.1, 0.15) is 16.1 Å². The third-order valence-corrected chi connectivity index (χ3v) is 2.63. The topological polar surface area (TPSA) is 86.6 Å². The van der Waals surface area contributed by atoms with Crippen LogP contribution in [0.3, 0.4) is 0 Å². The lowest BCUT2D eigenvalue weighted by molar-refractivity contribution is -0.139. The van der Waals surface area contributed by atoms with Crippen molar-refractivity contribution in [2.24, 2.45) is 0 Å². The molecule has 0 aromatic carbocycles. The molecule has 0 saturated heterocycles. The summed E-state index contributed by atoms with van der Waals surface area (Å²) in [6, 6.07) is 2.28. The van der Waals surface area contributed by atoms with Gasteiger partial charge in [-0.15, -0.1) is 11.3 Å². The van der Waals surface area contributed by atoms with E-state index in [9.17, 15) is 9.59 Å². The first-order valence-electron chi connectivity index (χ1n) is 4.33. The van der Waals surface area contributed by atoms with Gasteiger partial charge in [-0.25, -0.2) is 4.79 Å². The fourth-order valence-electron chi connectivity index (χ4n) is 1.02. The molecule has 5 nitrogen and oxygen atoms in total. The Morgan fingerprint density at radius 1 is 1.53 bits per heavy atom. The van der Waals surface area contributed by atoms with Crippen molar-refractivity contribution < 1.29 is 19.8 Å². The average molecular weight is 229 g/mol. The monoisotopic (exact) mass is 229 g/mol. The van der Waals surface area contributed by atoms with Crippen molar-refractivity contribution in [2.75, 3.05) is 6.61 Å². The Morgan fingerprint density at radius 3 is 2.73 bits per heavy atom. The number of amides is 1. The summed E-state index contributed by atoms with van der Waals surface area (Å²) in [5, 5.41) is 21.4. The van der Waals surface area contributed by atoms with Gasteiger partial charge in [0.25, 0.3) is 5.91 Å². The fourth-order valence-corrected chi connectivity index (χ4v) is 1.65. The van der Waals surface area contributed by atoms with E-state index in [4.69, 9.17) is 10.2 Å². The minimum atomic E-state index is -1.14. The van der Waals surface area contributed by atoms with Gasteiger partial charge in [-0.1, -0.05) is 6.07 Å². The van der Waals surface area contributed by atoms with Crippen LogP contribution < -0.4 is 5.32 Å². The maximum atomic E-state index is 11.4. The van der Waals surface area contributed by atoms with Gasteiger partial charge < -0.3 is 15.5 Å². The molecule has 1 atom stereocenters. The summed E-state index contributed by atoms with van der Waals surface area (Å²) in [5.74, 6) is -1.57. The number of thiophene rings is 1. The predicted molar refractivity (Wildman–Crippen MR) is 54.9 cm³/mol. The van der Waals surface area contributed by atoms with E-state index >= 15 is 0 Å². The number of aliphatic hydroxyl groups is 1. The second-order valence-corrected chi connectivity index (χ2v) is 3.80. The first-order valence-corrected chi connectivity index (χ1v) is 5.21. The molecular weight excluding hydrogens is 218 g/mol. The van der Waals surface area contributed by atoms with Gasteiger partial charge in [-0.2, -0.15) is 0 Å². The molecule has 0 aliphatic rings. The van der Waals surface area contributed by atoms with Gasteiger partial charge in [0.1, 0.15) is 6.04 Å². The summed E-state index contributed by atoms with van der Waals surface area (Å²) in [5.41, 5.74) is 0. The lowest BCUT2D eigenvalue weighted by Gasteiger charge is -2.11. The Bertz CT molecular complexity index is 336. The van der Waals surface area contributed by atoms with Crippen LogP contribution in [0.5, 0.6) is 0 Å². The van der Waals surface area contributed by atoms with Crippen LogP contribution in [0.4, 0.5) is 0 Å². The highest BCUT2D eigenvalue weighted by atomic mass is 32.1. The van der Waals surface area contributed by atoms with E-state index in [0.717, 1.165) is 0 Å². The molecule has 1 aromatic heterocycles. The quantitative estimate of drug-likeness (QED) is 0.678. The van der Waals surface area contributed by atoms with Gasteiger partial charge >= 0.3 is 5.97 Å². The zero-order valence-electron chi connectivity index (χ0n) is 7.84. The van der Waals surface area contributed by atoms with E-state index < -0.39 is 17.9 Å². The second kappa shape index (κ2) is 5.47. The molecule has 6 heteroatoms. The van der Waals surface area contributed by atoms with Crippen LogP contribution in [-0.2, 0) is 4.79 Å². The Balaban J connectivity index is 2.59. The normalized spacial score (nSPS) is 12.1. The number of carboxylic acid groups (broad SMARTS) is 1. The second-order valence-electron chi connectivity index (χ2n) is 2.85. The molecule has 0 bridgehead atoms. The van der Waals surface area contributed by atoms with Gasteiger partial charge in [-0.05, 0) is 11.4 Å². The van der Waals surface area contributed by atoms with Crippen LogP contribution in [0.15, 0.2) is 17.5 Å². The highest BCUT2D eigenvalue weighted by Crippen LogP contribution is 2.08. The summed E-state index contributed by atoms with van der Waals surface area (Å²) in [4.78, 5) is 22.6. The molecule has 15 heavy (non-hydrogen) atoms. The van der Waals surface area contributed by atoms with Crippen molar-refractivity contribution in [1.29, 1.82) is 0 Å². The Labute approximate surface area is 90.4 Å². The zero-order valence-corrected chi connectivity index (χ0v) is 8.66. The molecule has 82 valence electrons. The van der Waals surface area contributed by atoms with Gasteiger partial charge in [0.15, 0.2) is 0 Å². The molecule has 0 aliphatic heterocycles. The van der Waals surface area contributed by atoms with Crippen molar-refractivity contribution in [3.05, 3.63) is 22.4 Å². The Morgan fingerprint density at radius 2 is 2.27 bits per heavy atom. The predicted octanol–water partition coefficient (Wildman–Crippen LogP) is 0.313. The number of carboxylic acids is 1. The summed E-state index contributed by atoms with van der Waals surface area (Å²) in [6.45, 7) is -0.276. The van der Waals surface area contributed by atoms with Crippen molar-refractivity contribution in [3.8, 4) is 0 Å². The van der Waals surface area contributed by atoms with E-state index in [-0.39, 0.29) is 13.0 Å². The van der Waals surface area contributed by atoms with E-state index in [2.05, 4.69) is 5.32 Å². The van der Waals surface area contributed by atoms with E-state index in [0.29, 0.717) is 4.88 Å².